The van der Waals surface area contributed by atoms with Gasteiger partial charge in [-0.25, -0.2) is 0 Å². The molecule has 2 radical (unpaired) electrons. The molecule has 4 heteroatoms. The molecule has 0 fully saturated rings. The fraction of sp³-hybridized carbons (Fsp3) is 0. The standard InChI is InChI=1S/Ag.Cu.2HI/h;;2*1H/q;+2;;/p-2. The van der Waals surface area contributed by atoms with Crippen molar-refractivity contribution >= 4 is 0 Å². The summed E-state index contributed by atoms with van der Waals surface area (Å²) in [4.78, 5) is 0. The van der Waals surface area contributed by atoms with E-state index < -0.39 is 0 Å². The fourth-order valence-corrected chi connectivity index (χ4v) is 0. The summed E-state index contributed by atoms with van der Waals surface area (Å²) >= 11 is 0. The Morgan fingerprint density at radius 2 is 0.750 bits per heavy atom. The van der Waals surface area contributed by atoms with Gasteiger partial charge in [0.2, 0.25) is 0 Å². The number of hydrogen-bond donors (Lipinski definition) is 0. The predicted octanol–water partition coefficient (Wildman–Crippen LogP) is -6.00. The minimum atomic E-state index is 0. The molecule has 0 aliphatic rings. The first kappa shape index (κ1) is 29.7. The van der Waals surface area contributed by atoms with Crippen LogP contribution in [-0.4, -0.2) is 0 Å². The number of hydrogen-bond acceptors (Lipinski definition) is 0. The molecule has 0 spiro atoms. The third-order valence-corrected chi connectivity index (χ3v) is 0. The van der Waals surface area contributed by atoms with E-state index in [4.69, 9.17) is 0 Å². The van der Waals surface area contributed by atoms with Gasteiger partial charge in [-0.3, -0.25) is 0 Å². The van der Waals surface area contributed by atoms with Crippen molar-refractivity contribution in [3.8, 4) is 0 Å². The molecule has 0 saturated heterocycles. The molecule has 0 N–H and O–H groups in total. The summed E-state index contributed by atoms with van der Waals surface area (Å²) in [6, 6.07) is 0. The molecule has 36 valence electrons. The zero-order valence-electron chi connectivity index (χ0n) is 1.36. The van der Waals surface area contributed by atoms with Crippen molar-refractivity contribution in [3.63, 3.8) is 0 Å². The maximum atomic E-state index is 0. The second-order valence-corrected chi connectivity index (χ2v) is 0. The monoisotopic (exact) mass is 424 g/mol. The van der Waals surface area contributed by atoms with Crippen LogP contribution in [0.2, 0.25) is 0 Å². The van der Waals surface area contributed by atoms with Crippen LogP contribution >= 0.6 is 0 Å². The van der Waals surface area contributed by atoms with Crippen LogP contribution in [0.4, 0.5) is 0 Å². The summed E-state index contributed by atoms with van der Waals surface area (Å²) < 4.78 is 0. The Morgan fingerprint density at radius 1 is 0.750 bits per heavy atom. The molecule has 0 nitrogen and oxygen atoms in total. The Labute approximate surface area is 85.9 Å². The molecule has 0 aliphatic carbocycles. The van der Waals surface area contributed by atoms with E-state index in [2.05, 4.69) is 0 Å². The van der Waals surface area contributed by atoms with Crippen molar-refractivity contribution in [3.05, 3.63) is 0 Å². The van der Waals surface area contributed by atoms with E-state index in [-0.39, 0.29) is 87.4 Å². The summed E-state index contributed by atoms with van der Waals surface area (Å²) in [7, 11) is 0. The Bertz CT molecular complexity index is 6.00. The Balaban J connectivity index is 0. The predicted molar refractivity (Wildman–Crippen MR) is 0 cm³/mol. The van der Waals surface area contributed by atoms with E-state index in [1.54, 1.807) is 0 Å². The number of halogens is 2. The van der Waals surface area contributed by atoms with Crippen molar-refractivity contribution in [2.45, 2.75) is 0 Å². The van der Waals surface area contributed by atoms with E-state index in [1.807, 2.05) is 0 Å². The topological polar surface area (TPSA) is 0 Å². The minimum Gasteiger partial charge on any atom is -1.00 e. The maximum Gasteiger partial charge on any atom is 2.00 e. The van der Waals surface area contributed by atoms with Gasteiger partial charge in [-0.2, -0.15) is 0 Å². The molecular weight excluding hydrogens is 425 g/mol. The van der Waals surface area contributed by atoms with Crippen LogP contribution in [-0.2, 0) is 39.4 Å². The second-order valence-electron chi connectivity index (χ2n) is 0. The summed E-state index contributed by atoms with van der Waals surface area (Å²) in [5, 5.41) is 0. The van der Waals surface area contributed by atoms with E-state index >= 15 is 0 Å². The largest absolute Gasteiger partial charge is 2.00 e. The van der Waals surface area contributed by atoms with Crippen LogP contribution in [0.25, 0.3) is 0 Å². The molecule has 0 amide bonds. The van der Waals surface area contributed by atoms with Crippen molar-refractivity contribution in [2.75, 3.05) is 0 Å². The van der Waals surface area contributed by atoms with Crippen LogP contribution in [0.1, 0.15) is 0 Å². The van der Waals surface area contributed by atoms with E-state index in [0.717, 1.165) is 0 Å². The van der Waals surface area contributed by atoms with Crippen LogP contribution in [0.3, 0.4) is 0 Å². The summed E-state index contributed by atoms with van der Waals surface area (Å²) in [5.74, 6) is 0. The molecule has 0 rings (SSSR count). The van der Waals surface area contributed by atoms with Crippen LogP contribution in [0, 0.1) is 0 Å². The first-order chi connectivity index (χ1) is 0. The molecule has 0 aromatic heterocycles. The summed E-state index contributed by atoms with van der Waals surface area (Å²) in [6.45, 7) is 0. The van der Waals surface area contributed by atoms with Crippen molar-refractivity contribution in [1.82, 2.24) is 0 Å². The van der Waals surface area contributed by atoms with E-state index in [1.165, 1.54) is 0 Å². The second kappa shape index (κ2) is 17.2. The Hall–Kier alpha value is 2.72. The smallest absolute Gasteiger partial charge is 1.00 e. The van der Waals surface area contributed by atoms with Gasteiger partial charge in [-0.05, 0) is 0 Å². The molecule has 4 heavy (non-hydrogen) atoms. The van der Waals surface area contributed by atoms with E-state index in [0.29, 0.717) is 0 Å². The van der Waals surface area contributed by atoms with Crippen LogP contribution in [0.5, 0.6) is 0 Å². The normalized spacial score (nSPS) is 0. The fourth-order valence-electron chi connectivity index (χ4n) is 0. The molecule has 0 heterocycles. The Kier molecular flexibility index (Phi) is 128. The molecule has 0 bridgehead atoms. The molecule has 0 unspecified atom stereocenters. The van der Waals surface area contributed by atoms with Gasteiger partial charge in [0.05, 0.1) is 0 Å². The first-order valence-electron chi connectivity index (χ1n) is 0. The SMILES string of the molecule is [Ag].[Cu+2].[I-].[I-]. The van der Waals surface area contributed by atoms with E-state index in [9.17, 15) is 0 Å². The number of rotatable bonds is 0. The van der Waals surface area contributed by atoms with Gasteiger partial charge in [0.1, 0.15) is 0 Å². The zero-order chi connectivity index (χ0) is 0. The van der Waals surface area contributed by atoms with Crippen LogP contribution in [0.15, 0.2) is 0 Å². The maximum absolute atomic E-state index is 0. The third kappa shape index (κ3) is 8.83. The summed E-state index contributed by atoms with van der Waals surface area (Å²) in [5.41, 5.74) is 0. The van der Waals surface area contributed by atoms with Gasteiger partial charge in [-0.15, -0.1) is 0 Å². The van der Waals surface area contributed by atoms with Gasteiger partial charge in [0, 0.05) is 22.4 Å². The minimum absolute atomic E-state index is 0. The van der Waals surface area contributed by atoms with Crippen molar-refractivity contribution < 1.29 is 87.4 Å². The van der Waals surface area contributed by atoms with Gasteiger partial charge in [0.25, 0.3) is 0 Å². The Morgan fingerprint density at radius 3 is 0.750 bits per heavy atom. The zero-order valence-corrected chi connectivity index (χ0v) is 8.10. The molecule has 0 saturated carbocycles. The first-order valence-corrected chi connectivity index (χ1v) is 0. The van der Waals surface area contributed by atoms with Gasteiger partial charge in [0.15, 0.2) is 0 Å². The summed E-state index contributed by atoms with van der Waals surface area (Å²) in [6.07, 6.45) is 0. The molecule has 0 aromatic carbocycles. The van der Waals surface area contributed by atoms with Gasteiger partial charge >= 0.3 is 17.1 Å². The van der Waals surface area contributed by atoms with Crippen molar-refractivity contribution in [1.29, 1.82) is 0 Å². The quantitative estimate of drug-likeness (QED) is 0.268. The molecular formula is AgCuI2. The van der Waals surface area contributed by atoms with Crippen molar-refractivity contribution in [2.24, 2.45) is 0 Å². The molecule has 0 aromatic rings. The average Bonchev–Trinajstić information content (AvgIpc) is 0. The van der Waals surface area contributed by atoms with Crippen LogP contribution < -0.4 is 48.0 Å². The van der Waals surface area contributed by atoms with Gasteiger partial charge < -0.3 is 48.0 Å². The average molecular weight is 425 g/mol. The van der Waals surface area contributed by atoms with Gasteiger partial charge in [-0.1, -0.05) is 0 Å². The third-order valence-electron chi connectivity index (χ3n) is 0. The molecule has 0 aliphatic heterocycles. The molecule has 0 atom stereocenters.